The smallest absolute Gasteiger partial charge is 0.233 e. The lowest BCUT2D eigenvalue weighted by Crippen LogP contribution is -2.45. The van der Waals surface area contributed by atoms with Crippen LogP contribution in [0.5, 0.6) is 5.75 Å². The molecule has 2 N–H and O–H groups in total. The van der Waals surface area contributed by atoms with Gasteiger partial charge < -0.3 is 10.1 Å². The zero-order valence-electron chi connectivity index (χ0n) is 11.9. The Bertz CT molecular complexity index is 574. The van der Waals surface area contributed by atoms with Crippen molar-refractivity contribution >= 4 is 31.6 Å². The predicted octanol–water partition coefficient (Wildman–Crippen LogP) is 1.10. The molecular formula is C13H20BrN3O3S. The van der Waals surface area contributed by atoms with Gasteiger partial charge in [-0.25, -0.2) is 8.42 Å². The van der Waals surface area contributed by atoms with Crippen LogP contribution in [0.4, 0.5) is 5.69 Å². The fourth-order valence-electron chi connectivity index (χ4n) is 2.14. The van der Waals surface area contributed by atoms with Crippen molar-refractivity contribution in [1.29, 1.82) is 0 Å². The van der Waals surface area contributed by atoms with Crippen molar-refractivity contribution in [1.82, 2.24) is 10.2 Å². The maximum Gasteiger partial charge on any atom is 0.233 e. The van der Waals surface area contributed by atoms with Gasteiger partial charge in [-0.05, 0) is 28.1 Å². The minimum Gasteiger partial charge on any atom is -0.495 e. The van der Waals surface area contributed by atoms with Crippen LogP contribution in [-0.2, 0) is 10.0 Å². The van der Waals surface area contributed by atoms with E-state index >= 15 is 0 Å². The molecule has 1 aliphatic rings. The number of piperazine rings is 1. The largest absolute Gasteiger partial charge is 0.495 e. The van der Waals surface area contributed by atoms with Crippen molar-refractivity contribution in [2.24, 2.45) is 0 Å². The van der Waals surface area contributed by atoms with Gasteiger partial charge in [0.1, 0.15) is 5.75 Å². The second-order valence-electron chi connectivity index (χ2n) is 4.86. The summed E-state index contributed by atoms with van der Waals surface area (Å²) < 4.78 is 32.8. The first-order chi connectivity index (χ1) is 10.00. The molecule has 1 saturated heterocycles. The van der Waals surface area contributed by atoms with Crippen molar-refractivity contribution in [3.05, 3.63) is 22.7 Å². The standard InChI is InChI=1S/C13H20BrN3O3S/c1-20-13-10-11(2-3-12(13)14)16-21(18,19)9-8-17-6-4-15-5-7-17/h2-3,10,15-16H,4-9H2,1H3. The molecule has 2 rings (SSSR count). The average molecular weight is 378 g/mol. The topological polar surface area (TPSA) is 70.7 Å². The minimum atomic E-state index is -3.35. The molecule has 0 unspecified atom stereocenters. The fourth-order valence-corrected chi connectivity index (χ4v) is 3.63. The number of nitrogens with zero attached hydrogens (tertiary/aromatic N) is 1. The van der Waals surface area contributed by atoms with E-state index in [4.69, 9.17) is 4.74 Å². The van der Waals surface area contributed by atoms with E-state index in [1.54, 1.807) is 25.3 Å². The summed E-state index contributed by atoms with van der Waals surface area (Å²) in [6.45, 7) is 4.16. The number of rotatable bonds is 6. The minimum absolute atomic E-state index is 0.0887. The Morgan fingerprint density at radius 2 is 2.10 bits per heavy atom. The van der Waals surface area contributed by atoms with Crippen molar-refractivity contribution in [3.8, 4) is 5.75 Å². The third-order valence-corrected chi connectivity index (χ3v) is 5.23. The van der Waals surface area contributed by atoms with E-state index in [1.807, 2.05) is 0 Å². The van der Waals surface area contributed by atoms with E-state index in [0.717, 1.165) is 30.7 Å². The van der Waals surface area contributed by atoms with Crippen molar-refractivity contribution in [2.45, 2.75) is 0 Å². The lowest BCUT2D eigenvalue weighted by atomic mass is 10.3. The van der Waals surface area contributed by atoms with Gasteiger partial charge in [0, 0.05) is 38.8 Å². The summed E-state index contributed by atoms with van der Waals surface area (Å²) in [6, 6.07) is 5.12. The number of methoxy groups -OCH3 is 1. The Morgan fingerprint density at radius 3 is 2.76 bits per heavy atom. The Kier molecular flexibility index (Phi) is 5.86. The molecule has 1 fully saturated rings. The summed E-state index contributed by atoms with van der Waals surface area (Å²) in [5.41, 5.74) is 0.510. The highest BCUT2D eigenvalue weighted by molar-refractivity contribution is 9.10. The maximum atomic E-state index is 12.1. The molecule has 0 amide bonds. The number of sulfonamides is 1. The highest BCUT2D eigenvalue weighted by Gasteiger charge is 2.16. The first kappa shape index (κ1) is 16.5. The molecule has 0 aliphatic carbocycles. The van der Waals surface area contributed by atoms with Crippen LogP contribution in [0.15, 0.2) is 22.7 Å². The third kappa shape index (κ3) is 5.14. The predicted molar refractivity (Wildman–Crippen MR) is 87.4 cm³/mol. The van der Waals surface area contributed by atoms with Crippen molar-refractivity contribution in [3.63, 3.8) is 0 Å². The Balaban J connectivity index is 1.93. The Hall–Kier alpha value is -0.830. The van der Waals surface area contributed by atoms with E-state index < -0.39 is 10.0 Å². The Labute approximate surface area is 134 Å². The van der Waals surface area contributed by atoms with Crippen LogP contribution in [-0.4, -0.2) is 58.9 Å². The van der Waals surface area contributed by atoms with E-state index in [9.17, 15) is 8.42 Å². The van der Waals surface area contributed by atoms with E-state index in [-0.39, 0.29) is 5.75 Å². The molecule has 1 aromatic carbocycles. The average Bonchev–Trinajstić information content (AvgIpc) is 2.48. The zero-order chi connectivity index (χ0) is 15.3. The fraction of sp³-hybridized carbons (Fsp3) is 0.538. The van der Waals surface area contributed by atoms with E-state index in [1.165, 1.54) is 0 Å². The van der Waals surface area contributed by atoms with Crippen LogP contribution in [0.2, 0.25) is 0 Å². The van der Waals surface area contributed by atoms with Crippen LogP contribution in [0.3, 0.4) is 0 Å². The van der Waals surface area contributed by atoms with Gasteiger partial charge in [-0.3, -0.25) is 9.62 Å². The first-order valence-electron chi connectivity index (χ1n) is 6.77. The Morgan fingerprint density at radius 1 is 1.38 bits per heavy atom. The number of hydrogen-bond acceptors (Lipinski definition) is 5. The molecule has 0 spiro atoms. The second kappa shape index (κ2) is 7.44. The molecule has 21 heavy (non-hydrogen) atoms. The van der Waals surface area contributed by atoms with Gasteiger partial charge in [0.2, 0.25) is 10.0 Å². The number of nitrogens with one attached hydrogen (secondary N) is 2. The lowest BCUT2D eigenvalue weighted by Gasteiger charge is -2.26. The van der Waals surface area contributed by atoms with Gasteiger partial charge in [-0.1, -0.05) is 0 Å². The highest BCUT2D eigenvalue weighted by Crippen LogP contribution is 2.28. The lowest BCUT2D eigenvalue weighted by molar-refractivity contribution is 0.254. The van der Waals surface area contributed by atoms with Gasteiger partial charge in [-0.2, -0.15) is 0 Å². The van der Waals surface area contributed by atoms with Crippen LogP contribution in [0.1, 0.15) is 0 Å². The molecule has 1 aromatic rings. The third-order valence-electron chi connectivity index (χ3n) is 3.31. The van der Waals surface area contributed by atoms with Gasteiger partial charge >= 0.3 is 0 Å². The summed E-state index contributed by atoms with van der Waals surface area (Å²) in [5, 5.41) is 3.24. The maximum absolute atomic E-state index is 12.1. The second-order valence-corrected chi connectivity index (χ2v) is 7.56. The van der Waals surface area contributed by atoms with Crippen LogP contribution >= 0.6 is 15.9 Å². The molecule has 6 nitrogen and oxygen atoms in total. The summed E-state index contributed by atoms with van der Waals surface area (Å²) in [5.74, 6) is 0.683. The molecule has 0 radical (unpaired) electrons. The SMILES string of the molecule is COc1cc(NS(=O)(=O)CCN2CCNCC2)ccc1Br. The number of anilines is 1. The summed E-state index contributed by atoms with van der Waals surface area (Å²) >= 11 is 3.34. The quantitative estimate of drug-likeness (QED) is 0.776. The molecule has 8 heteroatoms. The molecule has 118 valence electrons. The van der Waals surface area contributed by atoms with Crippen molar-refractivity contribution < 1.29 is 13.2 Å². The number of ether oxygens (including phenoxy) is 1. The van der Waals surface area contributed by atoms with Crippen LogP contribution in [0.25, 0.3) is 0 Å². The highest BCUT2D eigenvalue weighted by atomic mass is 79.9. The van der Waals surface area contributed by atoms with Crippen LogP contribution < -0.4 is 14.8 Å². The molecule has 0 aromatic heterocycles. The molecule has 0 atom stereocenters. The number of hydrogen-bond donors (Lipinski definition) is 2. The van der Waals surface area contributed by atoms with E-state index in [2.05, 4.69) is 30.9 Å². The molecule has 0 bridgehead atoms. The molecule has 1 aliphatic heterocycles. The van der Waals surface area contributed by atoms with Crippen molar-refractivity contribution in [2.75, 3.05) is 50.3 Å². The van der Waals surface area contributed by atoms with Gasteiger partial charge in [0.15, 0.2) is 0 Å². The summed E-state index contributed by atoms with van der Waals surface area (Å²) in [6.07, 6.45) is 0. The summed E-state index contributed by atoms with van der Waals surface area (Å²) in [7, 11) is -1.81. The van der Waals surface area contributed by atoms with Gasteiger partial charge in [0.05, 0.1) is 23.0 Å². The van der Waals surface area contributed by atoms with Crippen LogP contribution in [0, 0.1) is 0 Å². The van der Waals surface area contributed by atoms with Gasteiger partial charge in [-0.15, -0.1) is 0 Å². The number of benzene rings is 1. The first-order valence-corrected chi connectivity index (χ1v) is 9.22. The molecular weight excluding hydrogens is 358 g/mol. The van der Waals surface area contributed by atoms with E-state index in [0.29, 0.717) is 18.0 Å². The monoisotopic (exact) mass is 377 g/mol. The molecule has 1 heterocycles. The normalized spacial score (nSPS) is 16.7. The number of halogens is 1. The van der Waals surface area contributed by atoms with Gasteiger partial charge in [0.25, 0.3) is 0 Å². The molecule has 0 saturated carbocycles. The summed E-state index contributed by atoms with van der Waals surface area (Å²) in [4.78, 5) is 2.15. The zero-order valence-corrected chi connectivity index (χ0v) is 14.3.